The molecule has 0 unspecified atom stereocenters. The van der Waals surface area contributed by atoms with E-state index in [4.69, 9.17) is 0 Å². The Morgan fingerprint density at radius 3 is 2.61 bits per heavy atom. The molecule has 28 heavy (non-hydrogen) atoms. The Labute approximate surface area is 175 Å². The van der Waals surface area contributed by atoms with Crippen LogP contribution in [0.2, 0.25) is 0 Å². The zero-order valence-electron chi connectivity index (χ0n) is 14.2. The first-order valence-electron chi connectivity index (χ1n) is 8.15. The first-order valence-corrected chi connectivity index (χ1v) is 10.0. The number of nitrogens with one attached hydrogen (secondary N) is 1. The van der Waals surface area contributed by atoms with Crippen molar-refractivity contribution in [3.8, 4) is 5.88 Å². The number of anilines is 1. The Kier molecular flexibility index (Phi) is 4.85. The van der Waals surface area contributed by atoms with Crippen LogP contribution in [0.5, 0.6) is 5.88 Å². The summed E-state index contributed by atoms with van der Waals surface area (Å²) in [6, 6.07) is 14.1. The molecular weight excluding hydrogens is 493 g/mol. The molecule has 0 atom stereocenters. The number of hydrogen-bond donors (Lipinski definition) is 2. The SMILES string of the molecule is O=C(Cn1c(O)c(C2=c3ccccc3=NC2=O)sc1=O)Nc1ccc(I)cc1. The van der Waals surface area contributed by atoms with Crippen molar-refractivity contribution in [2.75, 3.05) is 5.32 Å². The van der Waals surface area contributed by atoms with E-state index in [0.717, 1.165) is 8.14 Å². The van der Waals surface area contributed by atoms with Crippen molar-refractivity contribution in [2.24, 2.45) is 4.99 Å². The summed E-state index contributed by atoms with van der Waals surface area (Å²) >= 11 is 2.87. The third kappa shape index (κ3) is 3.38. The van der Waals surface area contributed by atoms with Crippen LogP contribution in [0, 0.1) is 3.57 Å². The molecule has 0 saturated carbocycles. The molecule has 0 radical (unpaired) electrons. The molecule has 2 N–H and O–H groups in total. The standard InChI is InChI=1S/C19H12IN3O4S/c20-10-5-7-11(8-6-10)21-14(24)9-23-18(26)16(28-19(23)27)15-12-3-1-2-4-13(12)22-17(15)25/h1-8,26H,9H2,(H,21,24). The van der Waals surface area contributed by atoms with E-state index >= 15 is 0 Å². The number of para-hydroxylation sites is 1. The predicted molar refractivity (Wildman–Crippen MR) is 113 cm³/mol. The summed E-state index contributed by atoms with van der Waals surface area (Å²) in [5.41, 5.74) is 0.758. The Hall–Kier alpha value is -2.79. The predicted octanol–water partition coefficient (Wildman–Crippen LogP) is 1.22. The molecule has 3 aromatic rings. The fourth-order valence-electron chi connectivity index (χ4n) is 2.86. The average Bonchev–Trinajstić information content (AvgIpc) is 3.13. The molecule has 0 saturated heterocycles. The molecule has 1 aliphatic heterocycles. The lowest BCUT2D eigenvalue weighted by molar-refractivity contribution is -0.117. The molecule has 1 aromatic heterocycles. The average molecular weight is 505 g/mol. The molecule has 2 heterocycles. The van der Waals surface area contributed by atoms with Gasteiger partial charge < -0.3 is 10.4 Å². The van der Waals surface area contributed by atoms with Gasteiger partial charge in [-0.05, 0) is 52.9 Å². The molecule has 9 heteroatoms. The third-order valence-corrected chi connectivity index (χ3v) is 5.84. The lowest BCUT2D eigenvalue weighted by Crippen LogP contribution is -2.24. The van der Waals surface area contributed by atoms with Gasteiger partial charge in [-0.3, -0.25) is 19.0 Å². The number of halogens is 1. The first-order chi connectivity index (χ1) is 13.4. The van der Waals surface area contributed by atoms with E-state index in [9.17, 15) is 19.5 Å². The van der Waals surface area contributed by atoms with E-state index in [-0.39, 0.29) is 17.0 Å². The summed E-state index contributed by atoms with van der Waals surface area (Å²) in [6.45, 7) is -0.368. The van der Waals surface area contributed by atoms with Crippen LogP contribution in [-0.4, -0.2) is 21.5 Å². The molecule has 2 amide bonds. The number of amides is 2. The topological polar surface area (TPSA) is 101 Å². The number of rotatable bonds is 4. The number of thiazole rings is 1. The van der Waals surface area contributed by atoms with Crippen LogP contribution in [0.25, 0.3) is 5.57 Å². The maximum atomic E-state index is 12.4. The molecular formula is C19H12IN3O4S. The van der Waals surface area contributed by atoms with Crippen LogP contribution in [0.4, 0.5) is 5.69 Å². The van der Waals surface area contributed by atoms with Crippen molar-refractivity contribution in [1.82, 2.24) is 4.57 Å². The van der Waals surface area contributed by atoms with Crippen LogP contribution < -0.4 is 20.8 Å². The summed E-state index contributed by atoms with van der Waals surface area (Å²) in [7, 11) is 0. The highest BCUT2D eigenvalue weighted by atomic mass is 127. The van der Waals surface area contributed by atoms with Crippen molar-refractivity contribution in [3.05, 3.63) is 77.2 Å². The maximum Gasteiger partial charge on any atom is 0.311 e. The fraction of sp³-hybridized carbons (Fsp3) is 0.0526. The summed E-state index contributed by atoms with van der Waals surface area (Å²) in [5, 5.41) is 14.3. The van der Waals surface area contributed by atoms with E-state index in [0.29, 0.717) is 27.6 Å². The lowest BCUT2D eigenvalue weighted by Gasteiger charge is -2.07. The second-order valence-electron chi connectivity index (χ2n) is 5.97. The van der Waals surface area contributed by atoms with Gasteiger partial charge in [0.15, 0.2) is 0 Å². The zero-order valence-corrected chi connectivity index (χ0v) is 17.2. The zero-order chi connectivity index (χ0) is 19.8. The minimum atomic E-state index is -0.532. The van der Waals surface area contributed by atoms with Crippen molar-refractivity contribution in [3.63, 3.8) is 0 Å². The first kappa shape index (κ1) is 18.6. The Morgan fingerprint density at radius 1 is 1.14 bits per heavy atom. The second-order valence-corrected chi connectivity index (χ2v) is 8.18. The van der Waals surface area contributed by atoms with Gasteiger partial charge in [-0.2, -0.15) is 0 Å². The van der Waals surface area contributed by atoms with Gasteiger partial charge in [-0.15, -0.1) is 0 Å². The molecule has 140 valence electrons. The van der Waals surface area contributed by atoms with Crippen LogP contribution in [0.15, 0.2) is 58.3 Å². The number of benzene rings is 2. The van der Waals surface area contributed by atoms with E-state index in [1.54, 1.807) is 36.4 Å². The normalized spacial score (nSPS) is 12.6. The second kappa shape index (κ2) is 7.32. The van der Waals surface area contributed by atoms with Crippen LogP contribution >= 0.6 is 33.9 Å². The summed E-state index contributed by atoms with van der Waals surface area (Å²) in [4.78, 5) is 40.5. The summed E-state index contributed by atoms with van der Waals surface area (Å²) < 4.78 is 1.97. The molecule has 1 aliphatic rings. The number of nitrogens with zero attached hydrogens (tertiary/aromatic N) is 2. The van der Waals surface area contributed by atoms with Gasteiger partial charge in [0.05, 0.1) is 10.9 Å². The number of carbonyl (C=O) groups excluding carboxylic acids is 2. The molecule has 7 nitrogen and oxygen atoms in total. The molecule has 0 aliphatic carbocycles. The molecule has 0 spiro atoms. The Balaban J connectivity index is 1.67. The van der Waals surface area contributed by atoms with Crippen LogP contribution in [0.3, 0.4) is 0 Å². The van der Waals surface area contributed by atoms with Gasteiger partial charge >= 0.3 is 4.87 Å². The van der Waals surface area contributed by atoms with Gasteiger partial charge in [0.2, 0.25) is 11.8 Å². The fourth-order valence-corrected chi connectivity index (χ4v) is 4.16. The lowest BCUT2D eigenvalue weighted by atomic mass is 10.1. The highest BCUT2D eigenvalue weighted by Crippen LogP contribution is 2.28. The van der Waals surface area contributed by atoms with E-state index in [1.807, 2.05) is 12.1 Å². The quantitative estimate of drug-likeness (QED) is 0.521. The van der Waals surface area contributed by atoms with Crippen molar-refractivity contribution in [2.45, 2.75) is 6.54 Å². The Morgan fingerprint density at radius 2 is 1.86 bits per heavy atom. The van der Waals surface area contributed by atoms with Crippen molar-refractivity contribution >= 4 is 57.0 Å². The number of fused-ring (bicyclic) bond motifs is 1. The maximum absolute atomic E-state index is 12.4. The molecule has 4 rings (SSSR count). The van der Waals surface area contributed by atoms with E-state index < -0.39 is 22.6 Å². The molecule has 0 bridgehead atoms. The van der Waals surface area contributed by atoms with Crippen LogP contribution in [0.1, 0.15) is 4.88 Å². The summed E-state index contributed by atoms with van der Waals surface area (Å²) in [5.74, 6) is -1.40. The largest absolute Gasteiger partial charge is 0.493 e. The Bertz CT molecular complexity index is 1290. The third-order valence-electron chi connectivity index (χ3n) is 4.13. The number of hydrogen-bond acceptors (Lipinski definition) is 5. The smallest absolute Gasteiger partial charge is 0.311 e. The van der Waals surface area contributed by atoms with Gasteiger partial charge in [-0.25, -0.2) is 4.99 Å². The molecule has 2 aromatic carbocycles. The van der Waals surface area contributed by atoms with Crippen molar-refractivity contribution in [1.29, 1.82) is 0 Å². The van der Waals surface area contributed by atoms with Crippen molar-refractivity contribution < 1.29 is 14.7 Å². The van der Waals surface area contributed by atoms with E-state index in [2.05, 4.69) is 32.9 Å². The van der Waals surface area contributed by atoms with Gasteiger partial charge in [0, 0.05) is 14.5 Å². The highest BCUT2D eigenvalue weighted by Gasteiger charge is 2.26. The van der Waals surface area contributed by atoms with E-state index in [1.165, 1.54) is 0 Å². The minimum absolute atomic E-state index is 0.116. The highest BCUT2D eigenvalue weighted by molar-refractivity contribution is 14.1. The number of carbonyl (C=O) groups is 2. The monoisotopic (exact) mass is 505 g/mol. The number of aromatic nitrogens is 1. The van der Waals surface area contributed by atoms with Crippen LogP contribution in [-0.2, 0) is 16.1 Å². The van der Waals surface area contributed by atoms with Gasteiger partial charge in [0.1, 0.15) is 11.4 Å². The van der Waals surface area contributed by atoms with Gasteiger partial charge in [-0.1, -0.05) is 29.5 Å². The van der Waals surface area contributed by atoms with Gasteiger partial charge in [0.25, 0.3) is 5.91 Å². The molecule has 0 fully saturated rings. The minimum Gasteiger partial charge on any atom is -0.493 e. The number of aromatic hydroxyl groups is 1. The summed E-state index contributed by atoms with van der Waals surface area (Å²) in [6.07, 6.45) is 0.